The smallest absolute Gasteiger partial charge is 0.410 e. The van der Waals surface area contributed by atoms with E-state index in [1.54, 1.807) is 24.3 Å². The highest BCUT2D eigenvalue weighted by atomic mass is 19.1. The summed E-state index contributed by atoms with van der Waals surface area (Å²) in [6.07, 6.45) is 17.2. The van der Waals surface area contributed by atoms with Crippen molar-refractivity contribution in [2.75, 3.05) is 99.3 Å². The maximum absolute atomic E-state index is 14.3. The molecule has 482 valence electrons. The summed E-state index contributed by atoms with van der Waals surface area (Å²) in [7, 11) is 4.05. The van der Waals surface area contributed by atoms with Crippen molar-refractivity contribution in [1.82, 2.24) is 44.9 Å². The SMILES string of the molecule is CC(C)N1CCN(C)C[C@@H]1C(=O)N[C@H](Cc1ccc(F)cc1)C(=O)N1CCC(CN2C(=O)OCC2(C)C)(C2CCCCC2)CC1.CN1CCC[C@@H](C(=O)N[C@H](Cc2ccc(F)cc2)C(=O)N2CCC(CN3C(=O)OCC3(C)C)(C3CCCCC3)CC2)C1. The largest absolute Gasteiger partial charge is 0.447 e. The van der Waals surface area contributed by atoms with Gasteiger partial charge < -0.3 is 39.7 Å². The van der Waals surface area contributed by atoms with Crippen LogP contribution in [0.3, 0.4) is 0 Å². The second-order valence-electron chi connectivity index (χ2n) is 28.9. The Morgan fingerprint density at radius 3 is 1.34 bits per heavy atom. The third-order valence-electron chi connectivity index (χ3n) is 21.6. The zero-order valence-corrected chi connectivity index (χ0v) is 53.7. The molecule has 2 aliphatic carbocycles. The maximum atomic E-state index is 14.3. The number of likely N-dealkylation sites (tertiary alicyclic amines) is 3. The molecule has 0 aromatic heterocycles. The Morgan fingerprint density at radius 2 is 0.954 bits per heavy atom. The minimum absolute atomic E-state index is 0.0553. The van der Waals surface area contributed by atoms with Crippen molar-refractivity contribution in [3.05, 3.63) is 71.3 Å². The average molecular weight is 1210 g/mol. The van der Waals surface area contributed by atoms with Crippen LogP contribution in [0.25, 0.3) is 0 Å². The highest BCUT2D eigenvalue weighted by Gasteiger charge is 2.52. The molecule has 8 aliphatic rings. The first-order valence-electron chi connectivity index (χ1n) is 33.1. The molecule has 8 fully saturated rings. The van der Waals surface area contributed by atoms with Gasteiger partial charge in [-0.05, 0) is 184 Å². The van der Waals surface area contributed by atoms with Crippen LogP contribution in [0, 0.1) is 40.2 Å². The van der Waals surface area contributed by atoms with Gasteiger partial charge in [0.15, 0.2) is 0 Å². The van der Waals surface area contributed by atoms with Crippen LogP contribution in [0.15, 0.2) is 48.5 Å². The molecular weight excluding hydrogens is 1110 g/mol. The van der Waals surface area contributed by atoms with Crippen molar-refractivity contribution >= 4 is 35.8 Å². The number of carbonyl (C=O) groups is 6. The van der Waals surface area contributed by atoms with Gasteiger partial charge in [-0.2, -0.15) is 0 Å². The lowest BCUT2D eigenvalue weighted by molar-refractivity contribution is -0.141. The molecule has 0 bridgehead atoms. The Bertz CT molecular complexity index is 2670. The van der Waals surface area contributed by atoms with E-state index in [9.17, 15) is 37.5 Å². The molecule has 10 rings (SSSR count). The molecule has 0 unspecified atom stereocenters. The molecule has 6 saturated heterocycles. The molecule has 6 aliphatic heterocycles. The van der Waals surface area contributed by atoms with Crippen LogP contribution in [0.5, 0.6) is 0 Å². The predicted octanol–water partition coefficient (Wildman–Crippen LogP) is 8.91. The van der Waals surface area contributed by atoms with Crippen LogP contribution in [-0.2, 0) is 41.5 Å². The number of hydrogen-bond donors (Lipinski definition) is 2. The van der Waals surface area contributed by atoms with Gasteiger partial charge in [0, 0.05) is 84.3 Å². The summed E-state index contributed by atoms with van der Waals surface area (Å²) in [5, 5.41) is 6.26. The van der Waals surface area contributed by atoms with Crippen molar-refractivity contribution in [3.63, 3.8) is 0 Å². The number of likely N-dealkylation sites (N-methyl/N-ethyl adjacent to an activating group) is 1. The number of cyclic esters (lactones) is 2. The topological polar surface area (TPSA) is 168 Å². The molecule has 19 heteroatoms. The van der Waals surface area contributed by atoms with E-state index < -0.39 is 12.1 Å². The standard InChI is InChI=1S/C35H54FN5O4.C33H49FN4O4/c1-25(2)40-20-19-38(5)22-30(40)31(42)37-29(21-26-11-13-28(36)14-12-26)32(43)39-17-15-35(16-18-39,27-9-7-6-8-10-27)23-41-33(44)45-24-34(41,3)4;1-32(2)23-42-31(41)38(32)22-33(26-9-5-4-6-10-26)15-18-37(19-16-33)30(40)28(20-24-11-13-27(34)14-12-24)35-29(39)25-8-7-17-36(3)21-25/h11-14,25,27,29-30H,6-10,15-24H2,1-5H3,(H,37,42);11-14,25-26,28H,4-10,15-23H2,1-3H3,(H,35,39)/t29-,30-;25-,28-/m11/s1. The van der Waals surface area contributed by atoms with Crippen LogP contribution < -0.4 is 10.6 Å². The number of benzene rings is 2. The van der Waals surface area contributed by atoms with Gasteiger partial charge in [0.05, 0.1) is 17.0 Å². The minimum Gasteiger partial charge on any atom is -0.447 e. The van der Waals surface area contributed by atoms with Gasteiger partial charge in [0.2, 0.25) is 23.6 Å². The van der Waals surface area contributed by atoms with E-state index in [1.807, 2.05) is 33.7 Å². The Hall–Kier alpha value is -5.40. The molecule has 2 aromatic carbocycles. The molecule has 2 saturated carbocycles. The zero-order valence-electron chi connectivity index (χ0n) is 53.7. The summed E-state index contributed by atoms with van der Waals surface area (Å²) >= 11 is 0. The van der Waals surface area contributed by atoms with E-state index in [4.69, 9.17) is 9.47 Å². The number of ether oxygens (including phenoxy) is 2. The first kappa shape index (κ1) is 66.0. The average Bonchev–Trinajstić information content (AvgIpc) is 2.12. The molecule has 0 spiro atoms. The monoisotopic (exact) mass is 1210 g/mol. The number of halogens is 2. The van der Waals surface area contributed by atoms with Crippen molar-refractivity contribution in [3.8, 4) is 0 Å². The van der Waals surface area contributed by atoms with E-state index in [2.05, 4.69) is 66.9 Å². The summed E-state index contributed by atoms with van der Waals surface area (Å²) in [6.45, 7) is 20.9. The molecule has 6 heterocycles. The van der Waals surface area contributed by atoms with Crippen LogP contribution in [0.4, 0.5) is 18.4 Å². The third kappa shape index (κ3) is 16.1. The number of piperazine rings is 1. The minimum atomic E-state index is -0.751. The van der Waals surface area contributed by atoms with Gasteiger partial charge in [-0.15, -0.1) is 0 Å². The lowest BCUT2D eigenvalue weighted by Crippen LogP contribution is -2.63. The van der Waals surface area contributed by atoms with Gasteiger partial charge >= 0.3 is 12.2 Å². The number of rotatable bonds is 17. The number of piperidine rings is 3. The lowest BCUT2D eigenvalue weighted by atomic mass is 9.63. The Kier molecular flexibility index (Phi) is 21.7. The Morgan fingerprint density at radius 1 is 0.540 bits per heavy atom. The zero-order chi connectivity index (χ0) is 62.3. The number of nitrogens with zero attached hydrogens (tertiary/aromatic N) is 7. The molecule has 6 amide bonds. The lowest BCUT2D eigenvalue weighted by Gasteiger charge is -2.51. The van der Waals surface area contributed by atoms with Gasteiger partial charge in [-0.25, -0.2) is 18.4 Å². The van der Waals surface area contributed by atoms with Crippen molar-refractivity contribution in [2.45, 2.75) is 192 Å². The van der Waals surface area contributed by atoms with Gasteiger partial charge in [0.1, 0.15) is 43.0 Å². The van der Waals surface area contributed by atoms with E-state index >= 15 is 0 Å². The number of hydrogen-bond acceptors (Lipinski definition) is 11. The van der Waals surface area contributed by atoms with Crippen molar-refractivity contribution in [1.29, 1.82) is 0 Å². The van der Waals surface area contributed by atoms with Gasteiger partial charge in [-0.1, -0.05) is 62.8 Å². The van der Waals surface area contributed by atoms with Crippen LogP contribution in [-0.4, -0.2) is 205 Å². The maximum Gasteiger partial charge on any atom is 0.410 e. The number of carbonyl (C=O) groups excluding carboxylic acids is 6. The van der Waals surface area contributed by atoms with Gasteiger partial charge in [-0.3, -0.25) is 33.9 Å². The van der Waals surface area contributed by atoms with Gasteiger partial charge in [0.25, 0.3) is 0 Å². The number of amides is 6. The Labute approximate surface area is 517 Å². The third-order valence-corrected chi connectivity index (χ3v) is 21.6. The first-order valence-corrected chi connectivity index (χ1v) is 33.1. The molecular formula is C68H103F2N9O8. The molecule has 2 N–H and O–H groups in total. The summed E-state index contributed by atoms with van der Waals surface area (Å²) < 4.78 is 38.3. The van der Waals surface area contributed by atoms with E-state index in [0.717, 1.165) is 95.0 Å². The van der Waals surface area contributed by atoms with E-state index in [-0.39, 0.29) is 87.4 Å². The molecule has 17 nitrogen and oxygen atoms in total. The van der Waals surface area contributed by atoms with Crippen LogP contribution in [0.2, 0.25) is 0 Å². The van der Waals surface area contributed by atoms with Crippen molar-refractivity contribution in [2.24, 2.45) is 28.6 Å². The fraction of sp³-hybridized carbons (Fsp3) is 0.735. The summed E-state index contributed by atoms with van der Waals surface area (Å²) in [4.78, 5) is 95.4. The molecule has 2 aromatic rings. The second-order valence-corrected chi connectivity index (χ2v) is 28.9. The van der Waals surface area contributed by atoms with Crippen LogP contribution in [0.1, 0.15) is 155 Å². The summed E-state index contributed by atoms with van der Waals surface area (Å²) in [5.41, 5.74) is 0.800. The van der Waals surface area contributed by atoms with Crippen molar-refractivity contribution < 1.29 is 47.0 Å². The number of nitrogens with one attached hydrogen (secondary N) is 2. The fourth-order valence-corrected chi connectivity index (χ4v) is 15.9. The normalized spacial score (nSPS) is 25.5. The summed E-state index contributed by atoms with van der Waals surface area (Å²) in [6, 6.07) is 10.8. The summed E-state index contributed by atoms with van der Waals surface area (Å²) in [5.74, 6) is -0.153. The quantitative estimate of drug-likeness (QED) is 0.155. The molecule has 4 atom stereocenters. The Balaban J connectivity index is 0.000000208. The van der Waals surface area contributed by atoms with Crippen LogP contribution >= 0.6 is 0 Å². The van der Waals surface area contributed by atoms with E-state index in [0.29, 0.717) is 90.2 Å². The second kappa shape index (κ2) is 28.6. The highest BCUT2D eigenvalue weighted by molar-refractivity contribution is 5.91. The molecule has 0 radical (unpaired) electrons. The molecule has 87 heavy (non-hydrogen) atoms. The van der Waals surface area contributed by atoms with E-state index in [1.165, 1.54) is 62.8 Å². The predicted molar refractivity (Wildman–Crippen MR) is 331 cm³/mol. The highest BCUT2D eigenvalue weighted by Crippen LogP contribution is 2.50. The first-order chi connectivity index (χ1) is 41.4. The fourth-order valence-electron chi connectivity index (χ4n) is 15.9.